The highest BCUT2D eigenvalue weighted by Gasteiger charge is 2.07. The van der Waals surface area contributed by atoms with Gasteiger partial charge in [-0.3, -0.25) is 10.2 Å². The molecular weight excluding hydrogens is 226 g/mol. The highest BCUT2D eigenvalue weighted by molar-refractivity contribution is 5.94. The number of hydrazine groups is 1. The minimum Gasteiger partial charge on any atom is -0.287 e. The largest absolute Gasteiger partial charge is 0.287 e. The molecule has 4 heteroatoms. The van der Waals surface area contributed by atoms with Crippen LogP contribution in [0.15, 0.2) is 12.1 Å². The van der Waals surface area contributed by atoms with E-state index in [0.29, 0.717) is 17.0 Å². The Labute approximate surface area is 107 Å². The number of carbonyl (C=O) groups excluding carboxylic acids is 1. The fourth-order valence-electron chi connectivity index (χ4n) is 1.29. The first-order valence-electron chi connectivity index (χ1n) is 5.69. The molecule has 18 heavy (non-hydrogen) atoms. The highest BCUT2D eigenvalue weighted by atomic mass is 16.2. The van der Waals surface area contributed by atoms with E-state index in [9.17, 15) is 4.79 Å². The summed E-state index contributed by atoms with van der Waals surface area (Å²) in [5, 5.41) is 0. The van der Waals surface area contributed by atoms with Gasteiger partial charge < -0.3 is 0 Å². The van der Waals surface area contributed by atoms with Gasteiger partial charge in [0, 0.05) is 12.1 Å². The maximum Gasteiger partial charge on any atom is 0.265 e. The molecule has 0 bridgehead atoms. The average Bonchev–Trinajstić information content (AvgIpc) is 2.42. The quantitative estimate of drug-likeness (QED) is 0.461. The Morgan fingerprint density at radius 2 is 1.94 bits per heavy atom. The van der Waals surface area contributed by atoms with Crippen molar-refractivity contribution in [3.63, 3.8) is 0 Å². The number of aromatic nitrogens is 1. The van der Waals surface area contributed by atoms with Crippen LogP contribution in [0.3, 0.4) is 0 Å². The van der Waals surface area contributed by atoms with E-state index < -0.39 is 0 Å². The highest BCUT2D eigenvalue weighted by Crippen LogP contribution is 2.04. The Hall–Kier alpha value is -2.30. The van der Waals surface area contributed by atoms with Crippen LogP contribution < -0.4 is 10.9 Å². The van der Waals surface area contributed by atoms with Gasteiger partial charge in [0.25, 0.3) is 5.91 Å². The normalized spacial score (nSPS) is 9.28. The van der Waals surface area contributed by atoms with E-state index in [1.54, 1.807) is 0 Å². The van der Waals surface area contributed by atoms with Gasteiger partial charge in [-0.25, -0.2) is 10.4 Å². The lowest BCUT2D eigenvalue weighted by atomic mass is 10.2. The summed E-state index contributed by atoms with van der Waals surface area (Å²) >= 11 is 0. The van der Waals surface area contributed by atoms with Crippen molar-refractivity contribution in [2.45, 2.75) is 19.8 Å². The Balaban J connectivity index is 2.74. The smallest absolute Gasteiger partial charge is 0.265 e. The van der Waals surface area contributed by atoms with Crippen molar-refractivity contribution >= 4 is 5.91 Å². The Bertz CT molecular complexity index is 477. The maximum absolute atomic E-state index is 11.8. The van der Waals surface area contributed by atoms with Crippen molar-refractivity contribution in [1.82, 2.24) is 15.8 Å². The number of amides is 1. The zero-order chi connectivity index (χ0) is 13.4. The fourth-order valence-corrected chi connectivity index (χ4v) is 1.29. The van der Waals surface area contributed by atoms with Crippen molar-refractivity contribution in [3.8, 4) is 24.7 Å². The van der Waals surface area contributed by atoms with Gasteiger partial charge in [0.2, 0.25) is 0 Å². The molecule has 2 N–H and O–H groups in total. The number of nitrogens with one attached hydrogen (secondary N) is 2. The standard InChI is InChI=1S/C14H15N3O/c1-4-7-8-15-17-14(18)11-9-12(5-2)16-13(6-3)10-11/h2-3,9-10,15H,4,7-8H2,1H3,(H,17,18). The minimum absolute atomic E-state index is 0.276. The van der Waals surface area contributed by atoms with E-state index in [2.05, 4.69) is 34.6 Å². The number of carbonyl (C=O) groups is 1. The first-order chi connectivity index (χ1) is 8.71. The summed E-state index contributed by atoms with van der Waals surface area (Å²) in [6.07, 6.45) is 12.6. The van der Waals surface area contributed by atoms with Crippen LogP contribution in [0, 0.1) is 24.7 Å². The van der Waals surface area contributed by atoms with E-state index in [-0.39, 0.29) is 5.91 Å². The summed E-state index contributed by atoms with van der Waals surface area (Å²) in [6.45, 7) is 2.79. The minimum atomic E-state index is -0.276. The monoisotopic (exact) mass is 241 g/mol. The summed E-state index contributed by atoms with van der Waals surface area (Å²) in [5.74, 6) is 4.46. The third kappa shape index (κ3) is 3.93. The van der Waals surface area contributed by atoms with Crippen LogP contribution in [0.5, 0.6) is 0 Å². The second kappa shape index (κ2) is 7.11. The topological polar surface area (TPSA) is 54.0 Å². The average molecular weight is 241 g/mol. The fraction of sp³-hybridized carbons (Fsp3) is 0.286. The summed E-state index contributed by atoms with van der Waals surface area (Å²) in [5.41, 5.74) is 6.52. The summed E-state index contributed by atoms with van der Waals surface area (Å²) in [4.78, 5) is 15.8. The Morgan fingerprint density at radius 1 is 1.33 bits per heavy atom. The molecule has 0 saturated heterocycles. The van der Waals surface area contributed by atoms with Crippen molar-refractivity contribution in [3.05, 3.63) is 29.1 Å². The SMILES string of the molecule is C#Cc1cc(C(=O)NNCCCC)cc(C#C)n1. The lowest BCUT2D eigenvalue weighted by Gasteiger charge is -2.07. The third-order valence-electron chi connectivity index (χ3n) is 2.24. The second-order valence-corrected chi connectivity index (χ2v) is 3.65. The van der Waals surface area contributed by atoms with Gasteiger partial charge in [0.05, 0.1) is 0 Å². The summed E-state index contributed by atoms with van der Waals surface area (Å²) in [7, 11) is 0. The van der Waals surface area contributed by atoms with E-state index >= 15 is 0 Å². The number of unbranched alkanes of at least 4 members (excludes halogenated alkanes) is 1. The molecule has 0 aliphatic carbocycles. The molecule has 0 saturated carbocycles. The van der Waals surface area contributed by atoms with Gasteiger partial charge in [-0.05, 0) is 18.6 Å². The maximum atomic E-state index is 11.8. The van der Waals surface area contributed by atoms with Crippen molar-refractivity contribution in [2.24, 2.45) is 0 Å². The zero-order valence-corrected chi connectivity index (χ0v) is 10.3. The van der Waals surface area contributed by atoms with E-state index in [1.165, 1.54) is 12.1 Å². The predicted molar refractivity (Wildman–Crippen MR) is 70.5 cm³/mol. The van der Waals surface area contributed by atoms with Crippen molar-refractivity contribution in [1.29, 1.82) is 0 Å². The van der Waals surface area contributed by atoms with Gasteiger partial charge in [-0.2, -0.15) is 0 Å². The Morgan fingerprint density at radius 3 is 2.44 bits per heavy atom. The number of nitrogens with zero attached hydrogens (tertiary/aromatic N) is 1. The van der Waals surface area contributed by atoms with Crippen LogP contribution >= 0.6 is 0 Å². The first kappa shape index (κ1) is 13.8. The molecular formula is C14H15N3O. The molecule has 0 aliphatic rings. The molecule has 1 aromatic heterocycles. The van der Waals surface area contributed by atoms with Crippen LogP contribution in [-0.2, 0) is 0 Å². The number of hydrogen-bond donors (Lipinski definition) is 2. The van der Waals surface area contributed by atoms with E-state index in [4.69, 9.17) is 12.8 Å². The van der Waals surface area contributed by atoms with Gasteiger partial charge >= 0.3 is 0 Å². The molecule has 1 heterocycles. The molecule has 0 atom stereocenters. The molecule has 1 amide bonds. The Kier molecular flexibility index (Phi) is 5.44. The van der Waals surface area contributed by atoms with E-state index in [1.807, 2.05) is 0 Å². The van der Waals surface area contributed by atoms with Crippen LogP contribution in [0.2, 0.25) is 0 Å². The van der Waals surface area contributed by atoms with Crippen molar-refractivity contribution < 1.29 is 4.79 Å². The molecule has 0 aromatic carbocycles. The van der Waals surface area contributed by atoms with Gasteiger partial charge in [-0.1, -0.05) is 25.2 Å². The van der Waals surface area contributed by atoms with Crippen LogP contribution in [-0.4, -0.2) is 17.4 Å². The molecule has 4 nitrogen and oxygen atoms in total. The molecule has 1 aromatic rings. The molecule has 1 rings (SSSR count). The van der Waals surface area contributed by atoms with Crippen LogP contribution in [0.4, 0.5) is 0 Å². The van der Waals surface area contributed by atoms with Gasteiger partial charge in [0.15, 0.2) is 0 Å². The van der Waals surface area contributed by atoms with E-state index in [0.717, 1.165) is 19.4 Å². The summed E-state index contributed by atoms with van der Waals surface area (Å²) < 4.78 is 0. The number of pyridine rings is 1. The molecule has 0 fully saturated rings. The number of rotatable bonds is 5. The van der Waals surface area contributed by atoms with Gasteiger partial charge in [0.1, 0.15) is 11.4 Å². The molecule has 0 aliphatic heterocycles. The number of terminal acetylenes is 2. The van der Waals surface area contributed by atoms with Crippen LogP contribution in [0.1, 0.15) is 41.5 Å². The lowest BCUT2D eigenvalue weighted by Crippen LogP contribution is -2.38. The van der Waals surface area contributed by atoms with Crippen LogP contribution in [0.25, 0.3) is 0 Å². The first-order valence-corrected chi connectivity index (χ1v) is 5.69. The third-order valence-corrected chi connectivity index (χ3v) is 2.24. The van der Waals surface area contributed by atoms with Gasteiger partial charge in [-0.15, -0.1) is 12.8 Å². The second-order valence-electron chi connectivity index (χ2n) is 3.65. The number of hydrogen-bond acceptors (Lipinski definition) is 3. The lowest BCUT2D eigenvalue weighted by molar-refractivity contribution is 0.0933. The predicted octanol–water partition coefficient (Wildman–Crippen LogP) is 1.08. The molecule has 0 spiro atoms. The molecule has 92 valence electrons. The zero-order valence-electron chi connectivity index (χ0n) is 10.3. The summed E-state index contributed by atoms with van der Waals surface area (Å²) in [6, 6.07) is 3.05. The molecule has 0 radical (unpaired) electrons. The van der Waals surface area contributed by atoms with Crippen molar-refractivity contribution in [2.75, 3.05) is 6.54 Å². The molecule has 0 unspecified atom stereocenters.